The van der Waals surface area contributed by atoms with Gasteiger partial charge in [0, 0.05) is 37.5 Å². The second kappa shape index (κ2) is 7.97. The average Bonchev–Trinajstić information content (AvgIpc) is 2.61. The first-order chi connectivity index (χ1) is 12.0. The smallest absolute Gasteiger partial charge is 0.225 e. The van der Waals surface area contributed by atoms with E-state index in [0.717, 1.165) is 62.4 Å². The first-order valence-electron chi connectivity index (χ1n) is 9.24. The summed E-state index contributed by atoms with van der Waals surface area (Å²) in [6.07, 6.45) is 6.90. The molecule has 1 aliphatic carbocycles. The third kappa shape index (κ3) is 4.48. The van der Waals surface area contributed by atoms with Crippen LogP contribution in [0, 0.1) is 5.92 Å². The Morgan fingerprint density at radius 2 is 2.08 bits per heavy atom. The summed E-state index contributed by atoms with van der Waals surface area (Å²) >= 11 is 0. The zero-order valence-corrected chi connectivity index (χ0v) is 15.6. The van der Waals surface area contributed by atoms with Crippen LogP contribution in [0.1, 0.15) is 56.3 Å². The van der Waals surface area contributed by atoms with E-state index >= 15 is 0 Å². The van der Waals surface area contributed by atoms with Gasteiger partial charge in [-0.15, -0.1) is 0 Å². The monoisotopic (exact) mass is 368 g/mol. The molecule has 140 valence electrons. The second-order valence-electron chi connectivity index (χ2n) is 7.07. The molecule has 0 saturated carbocycles. The molecule has 2 heterocycles. The third-order valence-corrected chi connectivity index (χ3v) is 6.71. The van der Waals surface area contributed by atoms with Crippen LogP contribution in [0.5, 0.6) is 0 Å². The van der Waals surface area contributed by atoms with Crippen molar-refractivity contribution in [1.82, 2.24) is 14.7 Å². The molecule has 25 heavy (non-hydrogen) atoms. The lowest BCUT2D eigenvalue weighted by Gasteiger charge is -2.32. The molecule has 2 N–H and O–H groups in total. The van der Waals surface area contributed by atoms with Crippen molar-refractivity contribution in [2.24, 2.45) is 5.92 Å². The van der Waals surface area contributed by atoms with E-state index in [1.807, 2.05) is 6.92 Å². The summed E-state index contributed by atoms with van der Waals surface area (Å²) in [6, 6.07) is -0.213. The number of nitrogens with one attached hydrogen (secondary N) is 1. The Hall–Kier alpha value is -1.25. The lowest BCUT2D eigenvalue weighted by atomic mass is 9.93. The van der Waals surface area contributed by atoms with Gasteiger partial charge < -0.3 is 10.0 Å². The fourth-order valence-electron chi connectivity index (χ4n) is 3.67. The van der Waals surface area contributed by atoms with Crippen molar-refractivity contribution in [3.8, 4) is 0 Å². The van der Waals surface area contributed by atoms with Crippen LogP contribution in [-0.2, 0) is 16.4 Å². The Balaban J connectivity index is 1.74. The van der Waals surface area contributed by atoms with Gasteiger partial charge in [-0.2, -0.15) is 0 Å². The minimum absolute atomic E-state index is 0.150. The quantitative estimate of drug-likeness (QED) is 0.788. The van der Waals surface area contributed by atoms with Crippen LogP contribution in [-0.4, -0.2) is 48.9 Å². The van der Waals surface area contributed by atoms with E-state index in [-0.39, 0.29) is 18.4 Å². The Kier molecular flexibility index (Phi) is 5.91. The second-order valence-corrected chi connectivity index (χ2v) is 8.94. The number of fused-ring (bicyclic) bond motifs is 1. The van der Waals surface area contributed by atoms with E-state index in [2.05, 4.69) is 14.6 Å². The number of aliphatic hydroxyl groups is 1. The molecule has 1 fully saturated rings. The predicted molar refractivity (Wildman–Crippen MR) is 96.9 cm³/mol. The van der Waals surface area contributed by atoms with Gasteiger partial charge in [0.15, 0.2) is 0 Å². The van der Waals surface area contributed by atoms with Crippen LogP contribution in [0.4, 0.5) is 5.95 Å². The molecule has 1 aromatic rings. The fourth-order valence-corrected chi connectivity index (χ4v) is 5.00. The number of aryl methyl sites for hydroxylation is 1. The van der Waals surface area contributed by atoms with Gasteiger partial charge in [-0.1, -0.05) is 6.92 Å². The lowest BCUT2D eigenvalue weighted by Crippen LogP contribution is -2.37. The van der Waals surface area contributed by atoms with Crippen LogP contribution in [0.2, 0.25) is 0 Å². The van der Waals surface area contributed by atoms with Crippen molar-refractivity contribution in [2.45, 2.75) is 51.5 Å². The number of anilines is 1. The highest BCUT2D eigenvalue weighted by Crippen LogP contribution is 2.30. The number of rotatable bonds is 6. The standard InChI is InChI=1S/C17H28N4O3S/c1-2-10-25(23,24)20-16-5-3-4-15-14(16)11-18-17(19-15)21-8-6-13(12-22)7-9-21/h11,13,16,20,22H,2-10,12H2,1H3/t16-/m0/s1. The molecular weight excluding hydrogens is 340 g/mol. The van der Waals surface area contributed by atoms with E-state index in [4.69, 9.17) is 4.98 Å². The summed E-state index contributed by atoms with van der Waals surface area (Å²) in [7, 11) is -3.25. The van der Waals surface area contributed by atoms with Gasteiger partial charge in [0.2, 0.25) is 16.0 Å². The maximum absolute atomic E-state index is 12.1. The number of hydrogen-bond donors (Lipinski definition) is 2. The molecule has 0 bridgehead atoms. The molecule has 3 rings (SSSR count). The van der Waals surface area contributed by atoms with Crippen molar-refractivity contribution >= 4 is 16.0 Å². The van der Waals surface area contributed by atoms with Gasteiger partial charge in [-0.3, -0.25) is 0 Å². The van der Waals surface area contributed by atoms with Crippen molar-refractivity contribution in [2.75, 3.05) is 30.3 Å². The normalized spacial score (nSPS) is 22.0. The Morgan fingerprint density at radius 3 is 2.76 bits per heavy atom. The Labute approximate surface area is 149 Å². The van der Waals surface area contributed by atoms with Crippen LogP contribution < -0.4 is 9.62 Å². The Bertz CT molecular complexity index is 687. The highest BCUT2D eigenvalue weighted by Gasteiger charge is 2.27. The molecule has 0 aromatic carbocycles. The van der Waals surface area contributed by atoms with Gasteiger partial charge in [-0.25, -0.2) is 23.1 Å². The predicted octanol–water partition coefficient (Wildman–Crippen LogP) is 1.39. The number of hydrogen-bond acceptors (Lipinski definition) is 6. The van der Waals surface area contributed by atoms with Gasteiger partial charge in [0.25, 0.3) is 0 Å². The summed E-state index contributed by atoms with van der Waals surface area (Å²) in [6.45, 7) is 3.83. The maximum Gasteiger partial charge on any atom is 0.225 e. The van der Waals surface area contributed by atoms with E-state index in [9.17, 15) is 13.5 Å². The lowest BCUT2D eigenvalue weighted by molar-refractivity contribution is 0.202. The van der Waals surface area contributed by atoms with Crippen LogP contribution in [0.25, 0.3) is 0 Å². The van der Waals surface area contributed by atoms with Gasteiger partial charge in [0.1, 0.15) is 0 Å². The SMILES string of the molecule is CCCS(=O)(=O)N[C@H]1CCCc2nc(N3CCC(CO)CC3)ncc21. The average molecular weight is 369 g/mol. The summed E-state index contributed by atoms with van der Waals surface area (Å²) in [5, 5.41) is 9.26. The topological polar surface area (TPSA) is 95.4 Å². The number of piperidine rings is 1. The fraction of sp³-hybridized carbons (Fsp3) is 0.765. The molecule has 2 aliphatic rings. The van der Waals surface area contributed by atoms with Crippen molar-refractivity contribution < 1.29 is 13.5 Å². The molecule has 0 radical (unpaired) electrons. The number of aliphatic hydroxyl groups excluding tert-OH is 1. The molecule has 0 amide bonds. The largest absolute Gasteiger partial charge is 0.396 e. The maximum atomic E-state index is 12.1. The molecule has 0 spiro atoms. The highest BCUT2D eigenvalue weighted by atomic mass is 32.2. The molecule has 1 atom stereocenters. The number of aromatic nitrogens is 2. The van der Waals surface area contributed by atoms with E-state index in [1.165, 1.54) is 0 Å². The minimum atomic E-state index is -3.25. The van der Waals surface area contributed by atoms with Crippen LogP contribution in [0.15, 0.2) is 6.20 Å². The minimum Gasteiger partial charge on any atom is -0.396 e. The zero-order chi connectivity index (χ0) is 17.9. The molecule has 1 aliphatic heterocycles. The van der Waals surface area contributed by atoms with Crippen molar-refractivity contribution in [3.63, 3.8) is 0 Å². The number of nitrogens with zero attached hydrogens (tertiary/aromatic N) is 3. The first-order valence-corrected chi connectivity index (χ1v) is 10.9. The summed E-state index contributed by atoms with van der Waals surface area (Å²) in [5.41, 5.74) is 1.88. The van der Waals surface area contributed by atoms with E-state index in [1.54, 1.807) is 6.20 Å². The summed E-state index contributed by atoms with van der Waals surface area (Å²) < 4.78 is 27.0. The van der Waals surface area contributed by atoms with E-state index in [0.29, 0.717) is 12.3 Å². The first kappa shape index (κ1) is 18.5. The molecule has 0 unspecified atom stereocenters. The van der Waals surface area contributed by atoms with Gasteiger partial charge >= 0.3 is 0 Å². The third-order valence-electron chi connectivity index (χ3n) is 5.12. The van der Waals surface area contributed by atoms with Crippen molar-refractivity contribution in [3.05, 3.63) is 17.5 Å². The van der Waals surface area contributed by atoms with Gasteiger partial charge in [-0.05, 0) is 44.4 Å². The summed E-state index contributed by atoms with van der Waals surface area (Å²) in [5.74, 6) is 1.26. The Morgan fingerprint density at radius 1 is 1.32 bits per heavy atom. The highest BCUT2D eigenvalue weighted by molar-refractivity contribution is 7.89. The van der Waals surface area contributed by atoms with Crippen LogP contribution >= 0.6 is 0 Å². The van der Waals surface area contributed by atoms with Crippen molar-refractivity contribution in [1.29, 1.82) is 0 Å². The molecule has 7 nitrogen and oxygen atoms in total. The molecular formula is C17H28N4O3S. The molecule has 1 aromatic heterocycles. The van der Waals surface area contributed by atoms with Crippen LogP contribution in [0.3, 0.4) is 0 Å². The molecule has 8 heteroatoms. The van der Waals surface area contributed by atoms with E-state index < -0.39 is 10.0 Å². The van der Waals surface area contributed by atoms with Gasteiger partial charge in [0.05, 0.1) is 11.4 Å². The zero-order valence-electron chi connectivity index (χ0n) is 14.8. The molecule has 1 saturated heterocycles. The number of sulfonamides is 1. The summed E-state index contributed by atoms with van der Waals surface area (Å²) in [4.78, 5) is 11.4.